The van der Waals surface area contributed by atoms with E-state index in [1.54, 1.807) is 27.3 Å². The first-order chi connectivity index (χ1) is 23.0. The highest BCUT2D eigenvalue weighted by atomic mass is 19.1. The van der Waals surface area contributed by atoms with Crippen molar-refractivity contribution in [3.63, 3.8) is 0 Å². The molecular weight excluding hydrogens is 634 g/mol. The molecule has 8 rings (SSSR count). The number of anilines is 2. The average molecular weight is 665 g/mol. The average Bonchev–Trinajstić information content (AvgIpc) is 3.57. The van der Waals surface area contributed by atoms with Crippen LogP contribution in [-0.2, 0) is 11.3 Å². The maximum absolute atomic E-state index is 15.8. The smallest absolute Gasteiger partial charge is 0.414 e. The van der Waals surface area contributed by atoms with Gasteiger partial charge in [0.2, 0.25) is 5.43 Å². The number of aliphatic hydroxyl groups is 1. The van der Waals surface area contributed by atoms with Gasteiger partial charge in [0, 0.05) is 30.9 Å². The molecular formula is C32H30F2N6O8. The third kappa shape index (κ3) is 5.06. The second-order valence-electron chi connectivity index (χ2n) is 12.9. The monoisotopic (exact) mass is 664 g/mol. The van der Waals surface area contributed by atoms with Gasteiger partial charge in [0.25, 0.3) is 0 Å². The second kappa shape index (κ2) is 10.9. The summed E-state index contributed by atoms with van der Waals surface area (Å²) in [6.07, 6.45) is 3.56. The molecule has 2 aromatic carbocycles. The maximum atomic E-state index is 15.8. The number of carboxylic acids is 1. The lowest BCUT2D eigenvalue weighted by Crippen LogP contribution is -2.41. The summed E-state index contributed by atoms with van der Waals surface area (Å²) in [4.78, 5) is 40.3. The largest absolute Gasteiger partial charge is 0.487 e. The molecule has 0 unspecified atom stereocenters. The van der Waals surface area contributed by atoms with E-state index in [0.717, 1.165) is 30.7 Å². The predicted octanol–water partition coefficient (Wildman–Crippen LogP) is 3.02. The van der Waals surface area contributed by atoms with Crippen molar-refractivity contribution in [1.29, 1.82) is 0 Å². The summed E-state index contributed by atoms with van der Waals surface area (Å²) < 4.78 is 51.4. The molecule has 0 spiro atoms. The van der Waals surface area contributed by atoms with Gasteiger partial charge >= 0.3 is 12.1 Å². The molecule has 3 fully saturated rings. The number of benzene rings is 2. The SMILES string of the molecule is Cc1cn(C[C@H]2CN(c3ccc(OC[C@]4(O)C[C@H]5COc6c(c(F)cc7c(=O)c(C(=O)O)cn(C8CC8)c67)N5C4)c(F)c3)C(=O)O2)nn1. The van der Waals surface area contributed by atoms with E-state index in [9.17, 15) is 24.6 Å². The van der Waals surface area contributed by atoms with Gasteiger partial charge in [-0.3, -0.25) is 9.69 Å². The molecule has 16 heteroatoms. The summed E-state index contributed by atoms with van der Waals surface area (Å²) in [5.41, 5.74) is -1.38. The Morgan fingerprint density at radius 3 is 2.67 bits per heavy atom. The van der Waals surface area contributed by atoms with Crippen molar-refractivity contribution in [3.05, 3.63) is 69.8 Å². The van der Waals surface area contributed by atoms with Crippen LogP contribution in [0.15, 0.2) is 41.5 Å². The number of fused-ring (bicyclic) bond motifs is 5. The van der Waals surface area contributed by atoms with Crippen LogP contribution in [0.4, 0.5) is 25.0 Å². The van der Waals surface area contributed by atoms with Crippen LogP contribution >= 0.6 is 0 Å². The molecule has 250 valence electrons. The summed E-state index contributed by atoms with van der Waals surface area (Å²) in [6, 6.07) is 4.58. The molecule has 2 aromatic heterocycles. The number of nitrogens with zero attached hydrogens (tertiary/aromatic N) is 6. The van der Waals surface area contributed by atoms with E-state index in [1.807, 2.05) is 0 Å². The molecule has 4 aromatic rings. The Morgan fingerprint density at radius 2 is 1.96 bits per heavy atom. The number of carboxylic acid groups (broad SMARTS) is 1. The van der Waals surface area contributed by atoms with Crippen molar-refractivity contribution >= 4 is 34.3 Å². The Hall–Kier alpha value is -5.25. The van der Waals surface area contributed by atoms with Crippen LogP contribution in [0.25, 0.3) is 10.9 Å². The van der Waals surface area contributed by atoms with Crippen molar-refractivity contribution in [3.8, 4) is 11.5 Å². The molecule has 2 saturated heterocycles. The number of hydrogen-bond donors (Lipinski definition) is 2. The van der Waals surface area contributed by atoms with E-state index in [1.165, 1.54) is 23.2 Å². The van der Waals surface area contributed by atoms with Crippen molar-refractivity contribution in [2.24, 2.45) is 0 Å². The molecule has 1 amide bonds. The number of aromatic carboxylic acids is 1. The van der Waals surface area contributed by atoms with Gasteiger partial charge in [-0.05, 0) is 38.0 Å². The van der Waals surface area contributed by atoms with Crippen LogP contribution in [0.3, 0.4) is 0 Å². The van der Waals surface area contributed by atoms with Gasteiger partial charge in [0.1, 0.15) is 36.2 Å². The minimum Gasteiger partial charge on any atom is -0.487 e. The number of carbonyl (C=O) groups excluding carboxylic acids is 1. The molecule has 1 saturated carbocycles. The quantitative estimate of drug-likeness (QED) is 0.285. The van der Waals surface area contributed by atoms with Crippen LogP contribution in [-0.4, -0.2) is 85.9 Å². The van der Waals surface area contributed by atoms with E-state index in [4.69, 9.17) is 14.2 Å². The number of aromatic nitrogens is 4. The molecule has 3 atom stereocenters. The number of aryl methyl sites for hydroxylation is 1. The maximum Gasteiger partial charge on any atom is 0.414 e. The Balaban J connectivity index is 0.996. The third-order valence-electron chi connectivity index (χ3n) is 9.24. The summed E-state index contributed by atoms with van der Waals surface area (Å²) in [5.74, 6) is -2.95. The lowest BCUT2D eigenvalue weighted by atomic mass is 10.0. The van der Waals surface area contributed by atoms with E-state index in [0.29, 0.717) is 12.1 Å². The summed E-state index contributed by atoms with van der Waals surface area (Å²) in [7, 11) is 0. The number of carbonyl (C=O) groups is 2. The second-order valence-corrected chi connectivity index (χ2v) is 12.9. The van der Waals surface area contributed by atoms with E-state index in [2.05, 4.69) is 10.3 Å². The van der Waals surface area contributed by atoms with Gasteiger partial charge in [0.15, 0.2) is 23.1 Å². The zero-order valence-corrected chi connectivity index (χ0v) is 25.6. The Morgan fingerprint density at radius 1 is 1.15 bits per heavy atom. The normalized spacial score (nSPS) is 23.2. The third-order valence-corrected chi connectivity index (χ3v) is 9.24. The number of amides is 1. The lowest BCUT2D eigenvalue weighted by molar-refractivity contribution is 0.00980. The van der Waals surface area contributed by atoms with Crippen LogP contribution in [0.1, 0.15) is 41.4 Å². The van der Waals surface area contributed by atoms with Crippen molar-refractivity contribution in [2.45, 2.75) is 56.5 Å². The number of halogens is 2. The first-order valence-corrected chi connectivity index (χ1v) is 15.5. The molecule has 4 aliphatic rings. The van der Waals surface area contributed by atoms with Gasteiger partial charge in [-0.25, -0.2) is 23.1 Å². The molecule has 2 N–H and O–H groups in total. The first-order valence-electron chi connectivity index (χ1n) is 15.5. The standard InChI is InChI=1S/C32H30F2N6O8/c1-16-9-37(36-35-16)10-20-11-39(31(44)48-20)18-4-5-25(23(33)6-18)47-15-32(45)8-19-13-46-29-26-21(7-24(34)27(29)40(19)14-32)28(41)22(30(42)43)12-38(26)17-2-3-17/h4-7,9,12,17,19-20,45H,2-3,8,10-11,13-15H2,1H3,(H,42,43)/t19-,20-,32-/m0/s1. The van der Waals surface area contributed by atoms with E-state index < -0.39 is 52.4 Å². The summed E-state index contributed by atoms with van der Waals surface area (Å²) in [5, 5.41) is 28.9. The van der Waals surface area contributed by atoms with Gasteiger partial charge in [0.05, 0.1) is 48.0 Å². The minimum absolute atomic E-state index is 0.0474. The fourth-order valence-electron chi connectivity index (χ4n) is 6.90. The summed E-state index contributed by atoms with van der Waals surface area (Å²) >= 11 is 0. The molecule has 0 bridgehead atoms. The van der Waals surface area contributed by atoms with Crippen LogP contribution < -0.4 is 24.7 Å². The van der Waals surface area contributed by atoms with Crippen LogP contribution in [0, 0.1) is 18.6 Å². The van der Waals surface area contributed by atoms with Gasteiger partial charge in [-0.15, -0.1) is 5.10 Å². The number of cyclic esters (lactones) is 1. The predicted molar refractivity (Wildman–Crippen MR) is 164 cm³/mol. The molecule has 48 heavy (non-hydrogen) atoms. The Kier molecular flexibility index (Phi) is 6.84. The highest BCUT2D eigenvalue weighted by molar-refractivity contribution is 5.97. The highest BCUT2D eigenvalue weighted by Crippen LogP contribution is 2.48. The first kappa shape index (κ1) is 30.1. The van der Waals surface area contributed by atoms with Crippen LogP contribution in [0.2, 0.25) is 0 Å². The Labute approximate surface area is 270 Å². The number of ether oxygens (including phenoxy) is 3. The van der Waals surface area contributed by atoms with Crippen molar-refractivity contribution < 1.29 is 42.8 Å². The zero-order valence-electron chi connectivity index (χ0n) is 25.6. The molecule has 0 radical (unpaired) electrons. The van der Waals surface area contributed by atoms with E-state index in [-0.39, 0.29) is 67.0 Å². The molecule has 5 heterocycles. The van der Waals surface area contributed by atoms with Gasteiger partial charge in [-0.1, -0.05) is 5.21 Å². The zero-order chi connectivity index (χ0) is 33.5. The topological polar surface area (TPSA) is 161 Å². The molecule has 14 nitrogen and oxygen atoms in total. The van der Waals surface area contributed by atoms with Crippen molar-refractivity contribution in [1.82, 2.24) is 19.6 Å². The molecule has 3 aliphatic heterocycles. The number of rotatable bonds is 8. The Bertz CT molecular complexity index is 2060. The number of pyridine rings is 1. The van der Waals surface area contributed by atoms with Gasteiger partial charge in [-0.2, -0.15) is 0 Å². The van der Waals surface area contributed by atoms with Crippen molar-refractivity contribution in [2.75, 3.05) is 36.1 Å². The van der Waals surface area contributed by atoms with Crippen LogP contribution in [0.5, 0.6) is 11.5 Å². The lowest BCUT2D eigenvalue weighted by Gasteiger charge is -2.34. The fourth-order valence-corrected chi connectivity index (χ4v) is 6.90. The fraction of sp³-hybridized carbons (Fsp3) is 0.406. The van der Waals surface area contributed by atoms with E-state index >= 15 is 8.78 Å². The summed E-state index contributed by atoms with van der Waals surface area (Å²) in [6.45, 7) is 1.96. The molecule has 1 aliphatic carbocycles. The minimum atomic E-state index is -1.52. The highest BCUT2D eigenvalue weighted by Gasteiger charge is 2.48. The number of hydrogen-bond acceptors (Lipinski definition) is 10. The van der Waals surface area contributed by atoms with Gasteiger partial charge < -0.3 is 33.9 Å².